The molecule has 0 aliphatic rings. The molecule has 0 aliphatic carbocycles. The fourth-order valence-electron chi connectivity index (χ4n) is 1.79. The van der Waals surface area contributed by atoms with Gasteiger partial charge in [-0.3, -0.25) is 10.6 Å². The van der Waals surface area contributed by atoms with Crippen LogP contribution in [0, 0.1) is 0 Å². The van der Waals surface area contributed by atoms with Crippen molar-refractivity contribution in [2.24, 2.45) is 0 Å². The van der Waals surface area contributed by atoms with Crippen LogP contribution in [0.2, 0.25) is 0 Å². The fourth-order valence-corrected chi connectivity index (χ4v) is 1.79. The van der Waals surface area contributed by atoms with Crippen molar-refractivity contribution in [3.8, 4) is 0 Å². The topological polar surface area (TPSA) is 173 Å². The Morgan fingerprint density at radius 3 is 1.15 bits per heavy atom. The number of anilines is 2. The summed E-state index contributed by atoms with van der Waals surface area (Å²) in [7, 11) is 0. The Bertz CT molecular complexity index is 765. The van der Waals surface area contributed by atoms with Gasteiger partial charge in [0.1, 0.15) is 0 Å². The molecule has 2 aromatic carbocycles. The first kappa shape index (κ1) is 20.0. The highest BCUT2D eigenvalue weighted by atomic mass is 16.4. The highest BCUT2D eigenvalue weighted by Crippen LogP contribution is 2.15. The first-order chi connectivity index (χ1) is 12.2. The molecule has 0 spiro atoms. The van der Waals surface area contributed by atoms with Gasteiger partial charge in [0.2, 0.25) is 0 Å². The van der Waals surface area contributed by atoms with Crippen molar-refractivity contribution < 1.29 is 39.6 Å². The molecule has 0 bridgehead atoms. The summed E-state index contributed by atoms with van der Waals surface area (Å²) in [5.41, 5.74) is 0.0137. The lowest BCUT2D eigenvalue weighted by molar-refractivity contribution is 0.0687. The number of aromatic carboxylic acids is 2. The average Bonchev–Trinajstić information content (AvgIpc) is 2.55. The SMILES string of the molecule is O=C(O)Nc1ccccc1C(=O)O.O=C(O)Nc1ccccc1C(=O)O. The standard InChI is InChI=1S/2C8H7NO4/c2*10-7(11)5-3-1-2-4-6(5)9-8(12)13/h2*1-4,9H,(H,10,11)(H,12,13). The van der Waals surface area contributed by atoms with Crippen LogP contribution >= 0.6 is 0 Å². The van der Waals surface area contributed by atoms with Crippen molar-refractivity contribution in [1.82, 2.24) is 0 Å². The van der Waals surface area contributed by atoms with Crippen molar-refractivity contribution >= 4 is 35.5 Å². The molecule has 0 fully saturated rings. The van der Waals surface area contributed by atoms with Crippen LogP contribution in [0.15, 0.2) is 48.5 Å². The van der Waals surface area contributed by atoms with E-state index in [4.69, 9.17) is 20.4 Å². The van der Waals surface area contributed by atoms with E-state index in [9.17, 15) is 19.2 Å². The predicted molar refractivity (Wildman–Crippen MR) is 90.1 cm³/mol. The van der Waals surface area contributed by atoms with E-state index in [1.165, 1.54) is 36.4 Å². The summed E-state index contributed by atoms with van der Waals surface area (Å²) in [5, 5.41) is 38.0. The van der Waals surface area contributed by atoms with Crippen LogP contribution in [-0.2, 0) is 0 Å². The molecule has 0 radical (unpaired) electrons. The third-order valence-corrected chi connectivity index (χ3v) is 2.80. The van der Waals surface area contributed by atoms with Crippen molar-refractivity contribution in [3.63, 3.8) is 0 Å². The number of carboxylic acids is 2. The lowest BCUT2D eigenvalue weighted by atomic mass is 10.2. The summed E-state index contributed by atoms with van der Waals surface area (Å²) in [6, 6.07) is 11.6. The van der Waals surface area contributed by atoms with Gasteiger partial charge in [0.25, 0.3) is 0 Å². The molecule has 0 aliphatic heterocycles. The molecule has 0 aromatic heterocycles. The van der Waals surface area contributed by atoms with Gasteiger partial charge in [-0.25, -0.2) is 19.2 Å². The van der Waals surface area contributed by atoms with Crippen molar-refractivity contribution in [2.45, 2.75) is 0 Å². The minimum absolute atomic E-state index is 0.0649. The molecule has 0 atom stereocenters. The summed E-state index contributed by atoms with van der Waals surface area (Å²) >= 11 is 0. The Morgan fingerprint density at radius 2 is 0.885 bits per heavy atom. The summed E-state index contributed by atoms with van der Waals surface area (Å²) in [6.45, 7) is 0. The molecular formula is C16H14N2O8. The van der Waals surface area contributed by atoms with Crippen LogP contribution in [0.25, 0.3) is 0 Å². The molecule has 0 heterocycles. The van der Waals surface area contributed by atoms with E-state index in [2.05, 4.69) is 0 Å². The summed E-state index contributed by atoms with van der Waals surface area (Å²) in [4.78, 5) is 41.6. The Balaban J connectivity index is 0.000000260. The van der Waals surface area contributed by atoms with Gasteiger partial charge in [-0.2, -0.15) is 0 Å². The molecule has 10 nitrogen and oxygen atoms in total. The highest BCUT2D eigenvalue weighted by molar-refractivity contribution is 5.99. The van der Waals surface area contributed by atoms with Crippen LogP contribution in [0.1, 0.15) is 20.7 Å². The maximum atomic E-state index is 10.6. The van der Waals surface area contributed by atoms with E-state index in [0.717, 1.165) is 0 Å². The number of rotatable bonds is 4. The normalized spacial score (nSPS) is 9.23. The van der Waals surface area contributed by atoms with Crippen molar-refractivity contribution in [1.29, 1.82) is 0 Å². The molecule has 0 unspecified atom stereocenters. The number of carbonyl (C=O) groups is 4. The average molecular weight is 362 g/mol. The number of amides is 2. The molecule has 0 saturated carbocycles. The summed E-state index contributed by atoms with van der Waals surface area (Å²) in [5.74, 6) is -2.33. The lowest BCUT2D eigenvalue weighted by Gasteiger charge is -2.03. The first-order valence-corrected chi connectivity index (χ1v) is 6.87. The lowest BCUT2D eigenvalue weighted by Crippen LogP contribution is -2.11. The second kappa shape index (κ2) is 9.27. The molecule has 26 heavy (non-hydrogen) atoms. The van der Waals surface area contributed by atoms with Gasteiger partial charge in [0, 0.05) is 0 Å². The number of para-hydroxylation sites is 2. The van der Waals surface area contributed by atoms with Crippen LogP contribution in [0.3, 0.4) is 0 Å². The molecule has 6 N–H and O–H groups in total. The van der Waals surface area contributed by atoms with E-state index in [1.807, 2.05) is 10.6 Å². The Labute approximate surface area is 146 Å². The van der Waals surface area contributed by atoms with Gasteiger partial charge in [-0.1, -0.05) is 24.3 Å². The molecule has 0 saturated heterocycles. The van der Waals surface area contributed by atoms with Crippen LogP contribution in [-0.4, -0.2) is 44.6 Å². The van der Waals surface area contributed by atoms with Gasteiger partial charge in [-0.15, -0.1) is 0 Å². The second-order valence-corrected chi connectivity index (χ2v) is 4.56. The Kier molecular flexibility index (Phi) is 7.12. The first-order valence-electron chi connectivity index (χ1n) is 6.87. The van der Waals surface area contributed by atoms with E-state index >= 15 is 0 Å². The monoisotopic (exact) mass is 362 g/mol. The number of hydrogen-bond donors (Lipinski definition) is 6. The number of hydrogen-bond acceptors (Lipinski definition) is 4. The van der Waals surface area contributed by atoms with Crippen molar-refractivity contribution in [3.05, 3.63) is 59.7 Å². The zero-order valence-corrected chi connectivity index (χ0v) is 13.0. The largest absolute Gasteiger partial charge is 0.478 e. The number of benzene rings is 2. The molecule has 2 rings (SSSR count). The zero-order chi connectivity index (χ0) is 19.7. The third kappa shape index (κ3) is 6.20. The highest BCUT2D eigenvalue weighted by Gasteiger charge is 2.10. The molecule has 2 aromatic rings. The predicted octanol–water partition coefficient (Wildman–Crippen LogP) is 2.95. The maximum absolute atomic E-state index is 10.6. The zero-order valence-electron chi connectivity index (χ0n) is 13.0. The van der Waals surface area contributed by atoms with Gasteiger partial charge >= 0.3 is 24.1 Å². The summed E-state index contributed by atoms with van der Waals surface area (Å²) in [6.07, 6.45) is -2.57. The third-order valence-electron chi connectivity index (χ3n) is 2.80. The summed E-state index contributed by atoms with van der Waals surface area (Å²) < 4.78 is 0. The Morgan fingerprint density at radius 1 is 0.577 bits per heavy atom. The molecule has 136 valence electrons. The second-order valence-electron chi connectivity index (χ2n) is 4.56. The Hall–Kier alpha value is -4.08. The van der Waals surface area contributed by atoms with Crippen LogP contribution in [0.4, 0.5) is 21.0 Å². The van der Waals surface area contributed by atoms with Crippen LogP contribution < -0.4 is 10.6 Å². The minimum atomic E-state index is -1.28. The van der Waals surface area contributed by atoms with E-state index in [-0.39, 0.29) is 22.5 Å². The van der Waals surface area contributed by atoms with Gasteiger partial charge in [0.05, 0.1) is 22.5 Å². The number of nitrogens with one attached hydrogen (secondary N) is 2. The van der Waals surface area contributed by atoms with E-state index in [0.29, 0.717) is 0 Å². The fraction of sp³-hybridized carbons (Fsp3) is 0. The molecular weight excluding hydrogens is 348 g/mol. The maximum Gasteiger partial charge on any atom is 0.409 e. The van der Waals surface area contributed by atoms with E-state index < -0.39 is 24.1 Å². The smallest absolute Gasteiger partial charge is 0.409 e. The van der Waals surface area contributed by atoms with Gasteiger partial charge < -0.3 is 20.4 Å². The molecule has 2 amide bonds. The van der Waals surface area contributed by atoms with Crippen LogP contribution in [0.5, 0.6) is 0 Å². The van der Waals surface area contributed by atoms with Crippen molar-refractivity contribution in [2.75, 3.05) is 10.6 Å². The van der Waals surface area contributed by atoms with Gasteiger partial charge in [0.15, 0.2) is 0 Å². The van der Waals surface area contributed by atoms with Gasteiger partial charge in [-0.05, 0) is 24.3 Å². The minimum Gasteiger partial charge on any atom is -0.478 e. The quantitative estimate of drug-likeness (QED) is 0.481. The molecule has 10 heteroatoms. The number of carboxylic acid groups (broad SMARTS) is 4. The van der Waals surface area contributed by atoms with E-state index in [1.54, 1.807) is 12.1 Å².